The summed E-state index contributed by atoms with van der Waals surface area (Å²) in [5.74, 6) is 2.33. The van der Waals surface area contributed by atoms with Crippen molar-refractivity contribution in [2.75, 3.05) is 60.1 Å². The van der Waals surface area contributed by atoms with E-state index in [4.69, 9.17) is 19.2 Å². The monoisotopic (exact) mass is 392 g/mol. The van der Waals surface area contributed by atoms with Crippen LogP contribution in [0.15, 0.2) is 23.2 Å². The Morgan fingerprint density at radius 1 is 1.07 bits per heavy atom. The Bertz CT molecular complexity index is 658. The number of amides is 1. The van der Waals surface area contributed by atoms with Gasteiger partial charge in [0.15, 0.2) is 17.5 Å². The number of piperazine rings is 1. The number of guanidine groups is 1. The van der Waals surface area contributed by atoms with Crippen LogP contribution in [0.5, 0.6) is 11.5 Å². The molecule has 1 aromatic carbocycles. The predicted octanol–water partition coefficient (Wildman–Crippen LogP) is 1.99. The molecule has 1 aliphatic rings. The van der Waals surface area contributed by atoms with Gasteiger partial charge in [-0.1, -0.05) is 6.07 Å². The van der Waals surface area contributed by atoms with E-state index in [0.717, 1.165) is 49.1 Å². The molecule has 1 aromatic rings. The summed E-state index contributed by atoms with van der Waals surface area (Å²) in [5, 5.41) is 3.35. The second-order valence-corrected chi connectivity index (χ2v) is 6.35. The second kappa shape index (κ2) is 11.3. The highest BCUT2D eigenvalue weighted by Crippen LogP contribution is 2.27. The minimum absolute atomic E-state index is 0.238. The lowest BCUT2D eigenvalue weighted by molar-refractivity contribution is 0.0914. The Morgan fingerprint density at radius 2 is 1.75 bits per heavy atom. The number of carbonyl (C=O) groups is 1. The van der Waals surface area contributed by atoms with Crippen molar-refractivity contribution in [3.05, 3.63) is 23.8 Å². The molecule has 0 aromatic heterocycles. The lowest BCUT2D eigenvalue weighted by Crippen LogP contribution is -2.54. The number of rotatable bonds is 7. The highest BCUT2D eigenvalue weighted by atomic mass is 16.6. The molecule has 0 bridgehead atoms. The van der Waals surface area contributed by atoms with Gasteiger partial charge in [-0.15, -0.1) is 0 Å². The molecule has 0 aliphatic carbocycles. The minimum atomic E-state index is -0.238. The first-order valence-electron chi connectivity index (χ1n) is 9.78. The second-order valence-electron chi connectivity index (χ2n) is 6.35. The number of methoxy groups -OCH3 is 2. The van der Waals surface area contributed by atoms with Gasteiger partial charge in [0.2, 0.25) is 0 Å². The maximum atomic E-state index is 11.8. The quantitative estimate of drug-likeness (QED) is 0.565. The van der Waals surface area contributed by atoms with Crippen LogP contribution in [0.3, 0.4) is 0 Å². The van der Waals surface area contributed by atoms with Crippen molar-refractivity contribution in [1.82, 2.24) is 15.1 Å². The van der Waals surface area contributed by atoms with Gasteiger partial charge >= 0.3 is 6.09 Å². The van der Waals surface area contributed by atoms with Gasteiger partial charge in [0.05, 0.1) is 20.8 Å². The molecule has 8 heteroatoms. The molecule has 1 aliphatic heterocycles. The summed E-state index contributed by atoms with van der Waals surface area (Å²) in [4.78, 5) is 20.5. The molecule has 0 spiro atoms. The summed E-state index contributed by atoms with van der Waals surface area (Å²) in [6.07, 6.45) is 0.565. The summed E-state index contributed by atoms with van der Waals surface area (Å²) in [5.41, 5.74) is 1.14. The first-order valence-corrected chi connectivity index (χ1v) is 9.78. The van der Waals surface area contributed by atoms with E-state index in [0.29, 0.717) is 26.2 Å². The minimum Gasteiger partial charge on any atom is -0.493 e. The number of aliphatic imine (C=N–C) groups is 1. The fourth-order valence-corrected chi connectivity index (χ4v) is 3.07. The zero-order valence-electron chi connectivity index (χ0n) is 17.4. The van der Waals surface area contributed by atoms with Gasteiger partial charge in [0, 0.05) is 39.3 Å². The molecule has 1 N–H and O–H groups in total. The number of carbonyl (C=O) groups excluding carboxylic acids is 1. The van der Waals surface area contributed by atoms with Gasteiger partial charge in [-0.2, -0.15) is 0 Å². The fraction of sp³-hybridized carbons (Fsp3) is 0.600. The zero-order chi connectivity index (χ0) is 20.4. The van der Waals surface area contributed by atoms with E-state index in [-0.39, 0.29) is 6.09 Å². The SMILES string of the molecule is CCNC(=NCCc1ccc(OC)c(OC)c1)N1CCN(C(=O)OCC)CC1. The van der Waals surface area contributed by atoms with Crippen molar-refractivity contribution < 1.29 is 19.0 Å². The third-order valence-electron chi connectivity index (χ3n) is 4.55. The largest absolute Gasteiger partial charge is 0.493 e. The summed E-state index contributed by atoms with van der Waals surface area (Å²) in [7, 11) is 3.27. The zero-order valence-corrected chi connectivity index (χ0v) is 17.4. The molecule has 2 rings (SSSR count). The van der Waals surface area contributed by atoms with Crippen LogP contribution in [0, 0.1) is 0 Å². The van der Waals surface area contributed by atoms with Gasteiger partial charge in [-0.25, -0.2) is 4.79 Å². The number of hydrogen-bond acceptors (Lipinski definition) is 5. The molecule has 0 saturated carbocycles. The van der Waals surface area contributed by atoms with Crippen LogP contribution in [0.2, 0.25) is 0 Å². The van der Waals surface area contributed by atoms with Crippen molar-refractivity contribution in [1.29, 1.82) is 0 Å². The van der Waals surface area contributed by atoms with Crippen LogP contribution in [-0.4, -0.2) is 81.9 Å². The molecule has 8 nitrogen and oxygen atoms in total. The van der Waals surface area contributed by atoms with E-state index in [9.17, 15) is 4.79 Å². The van der Waals surface area contributed by atoms with Crippen LogP contribution in [0.25, 0.3) is 0 Å². The van der Waals surface area contributed by atoms with Crippen molar-refractivity contribution in [3.63, 3.8) is 0 Å². The van der Waals surface area contributed by atoms with Crippen LogP contribution in [-0.2, 0) is 11.2 Å². The molecule has 0 unspecified atom stereocenters. The van der Waals surface area contributed by atoms with Gasteiger partial charge in [0.1, 0.15) is 0 Å². The van der Waals surface area contributed by atoms with Gasteiger partial charge in [0.25, 0.3) is 0 Å². The Kier molecular flexibility index (Phi) is 8.71. The molecular weight excluding hydrogens is 360 g/mol. The molecular formula is C20H32N4O4. The van der Waals surface area contributed by atoms with Crippen molar-refractivity contribution >= 4 is 12.1 Å². The Morgan fingerprint density at radius 3 is 2.36 bits per heavy atom. The first-order chi connectivity index (χ1) is 13.6. The molecule has 1 heterocycles. The molecule has 1 saturated heterocycles. The third-order valence-corrected chi connectivity index (χ3v) is 4.55. The van der Waals surface area contributed by atoms with Crippen molar-refractivity contribution in [2.24, 2.45) is 4.99 Å². The number of hydrogen-bond donors (Lipinski definition) is 1. The predicted molar refractivity (Wildman–Crippen MR) is 109 cm³/mol. The summed E-state index contributed by atoms with van der Waals surface area (Å²) in [6, 6.07) is 5.93. The molecule has 28 heavy (non-hydrogen) atoms. The first kappa shape index (κ1) is 21.7. The van der Waals surface area contributed by atoms with Crippen LogP contribution in [0.1, 0.15) is 19.4 Å². The number of benzene rings is 1. The van der Waals surface area contributed by atoms with E-state index >= 15 is 0 Å². The summed E-state index contributed by atoms with van der Waals surface area (Å²) >= 11 is 0. The normalized spacial score (nSPS) is 14.6. The van der Waals surface area contributed by atoms with E-state index in [1.165, 1.54) is 0 Å². The lowest BCUT2D eigenvalue weighted by Gasteiger charge is -2.35. The standard InChI is InChI=1S/C20H32N4O4/c1-5-21-19(23-11-13-24(14-12-23)20(25)28-6-2)22-10-9-16-7-8-17(26-3)18(15-16)27-4/h7-8,15H,5-6,9-14H2,1-4H3,(H,21,22). The van der Waals surface area contributed by atoms with Crippen LogP contribution >= 0.6 is 0 Å². The van der Waals surface area contributed by atoms with E-state index in [1.54, 1.807) is 19.1 Å². The molecule has 1 amide bonds. The van der Waals surface area contributed by atoms with Crippen LogP contribution in [0.4, 0.5) is 4.79 Å². The Labute approximate surface area is 167 Å². The Hall–Kier alpha value is -2.64. The molecule has 156 valence electrons. The highest BCUT2D eigenvalue weighted by molar-refractivity contribution is 5.80. The number of ether oxygens (including phenoxy) is 3. The maximum absolute atomic E-state index is 11.8. The topological polar surface area (TPSA) is 75.6 Å². The van der Waals surface area contributed by atoms with Gasteiger partial charge in [-0.05, 0) is 38.0 Å². The fourth-order valence-electron chi connectivity index (χ4n) is 3.07. The van der Waals surface area contributed by atoms with E-state index in [2.05, 4.69) is 17.1 Å². The summed E-state index contributed by atoms with van der Waals surface area (Å²) < 4.78 is 15.7. The number of nitrogens with zero attached hydrogens (tertiary/aromatic N) is 3. The average Bonchev–Trinajstić information content (AvgIpc) is 2.73. The van der Waals surface area contributed by atoms with Crippen molar-refractivity contribution in [2.45, 2.75) is 20.3 Å². The third kappa shape index (κ3) is 5.94. The molecule has 0 radical (unpaired) electrons. The average molecular weight is 393 g/mol. The van der Waals surface area contributed by atoms with Crippen molar-refractivity contribution in [3.8, 4) is 11.5 Å². The van der Waals surface area contributed by atoms with Crippen LogP contribution < -0.4 is 14.8 Å². The van der Waals surface area contributed by atoms with Gasteiger partial charge < -0.3 is 29.3 Å². The summed E-state index contributed by atoms with van der Waals surface area (Å²) in [6.45, 7) is 8.49. The Balaban J connectivity index is 1.93. The molecule has 0 atom stereocenters. The molecule has 1 fully saturated rings. The van der Waals surface area contributed by atoms with E-state index < -0.39 is 0 Å². The number of nitrogens with one attached hydrogen (secondary N) is 1. The smallest absolute Gasteiger partial charge is 0.409 e. The van der Waals surface area contributed by atoms with Gasteiger partial charge in [-0.3, -0.25) is 4.99 Å². The highest BCUT2D eigenvalue weighted by Gasteiger charge is 2.23. The lowest BCUT2D eigenvalue weighted by atomic mass is 10.1. The maximum Gasteiger partial charge on any atom is 0.409 e. The van der Waals surface area contributed by atoms with E-state index in [1.807, 2.05) is 25.1 Å².